The van der Waals surface area contributed by atoms with Crippen LogP contribution in [0.15, 0.2) is 63.2 Å². The Labute approximate surface area is 220 Å². The smallest absolute Gasteiger partial charge is 0.379 e. The van der Waals surface area contributed by atoms with Gasteiger partial charge in [-0.15, -0.1) is 0 Å². The highest BCUT2D eigenvalue weighted by atomic mass is 79.9. The molecule has 1 aliphatic rings. The first kappa shape index (κ1) is 24.5. The summed E-state index contributed by atoms with van der Waals surface area (Å²) in [6.07, 6.45) is 1.59. The number of methoxy groups -OCH3 is 3. The van der Waals surface area contributed by atoms with Crippen LogP contribution in [0.5, 0.6) is 28.7 Å². The number of furan rings is 1. The van der Waals surface area contributed by atoms with E-state index in [1.54, 1.807) is 43.3 Å². The quantitative estimate of drug-likeness (QED) is 0.151. The van der Waals surface area contributed by atoms with Crippen molar-refractivity contribution in [3.05, 3.63) is 81.2 Å². The summed E-state index contributed by atoms with van der Waals surface area (Å²) in [6, 6.07) is 13.6. The topological polar surface area (TPSA) is 93.4 Å². The number of allylic oxidation sites excluding steroid dienone is 1. The van der Waals surface area contributed by atoms with E-state index in [-0.39, 0.29) is 23.1 Å². The number of Topliss-reactive ketones (excluding diaryl/α,β-unsaturated/α-hetero) is 1. The van der Waals surface area contributed by atoms with Crippen molar-refractivity contribution in [2.75, 3.05) is 21.3 Å². The number of ether oxygens (including phenoxy) is 5. The molecule has 0 spiro atoms. The summed E-state index contributed by atoms with van der Waals surface area (Å²) in [7, 11) is 4.54. The van der Waals surface area contributed by atoms with Crippen molar-refractivity contribution in [2.45, 2.75) is 6.92 Å². The summed E-state index contributed by atoms with van der Waals surface area (Å²) in [5.74, 6) is 1.06. The minimum atomic E-state index is -0.663. The Bertz CT molecular complexity index is 1570. The molecule has 0 fully saturated rings. The number of esters is 1. The molecule has 0 amide bonds. The molecule has 0 aliphatic carbocycles. The van der Waals surface area contributed by atoms with Crippen LogP contribution in [-0.4, -0.2) is 33.1 Å². The number of carbonyl (C=O) groups excluding carboxylic acids is 2. The van der Waals surface area contributed by atoms with Gasteiger partial charge in [-0.1, -0.05) is 15.9 Å². The van der Waals surface area contributed by atoms with Crippen molar-refractivity contribution in [2.24, 2.45) is 0 Å². The van der Waals surface area contributed by atoms with Gasteiger partial charge in [-0.3, -0.25) is 4.79 Å². The van der Waals surface area contributed by atoms with Gasteiger partial charge >= 0.3 is 5.97 Å². The van der Waals surface area contributed by atoms with Crippen LogP contribution in [-0.2, 0) is 0 Å². The van der Waals surface area contributed by atoms with Gasteiger partial charge in [0.05, 0.1) is 26.9 Å². The molecular weight excluding hydrogens is 544 g/mol. The van der Waals surface area contributed by atoms with Crippen molar-refractivity contribution in [1.29, 1.82) is 0 Å². The summed E-state index contributed by atoms with van der Waals surface area (Å²) in [5.41, 5.74) is 2.18. The molecule has 8 nitrogen and oxygen atoms in total. The molecule has 1 aromatic heterocycles. The first-order valence-electron chi connectivity index (χ1n) is 11.1. The number of hydrogen-bond donors (Lipinski definition) is 0. The number of halogens is 1. The van der Waals surface area contributed by atoms with Gasteiger partial charge in [0.2, 0.25) is 17.3 Å². The molecule has 9 heteroatoms. The van der Waals surface area contributed by atoms with Crippen molar-refractivity contribution in [3.63, 3.8) is 0 Å². The lowest BCUT2D eigenvalue weighted by Gasteiger charge is -2.13. The van der Waals surface area contributed by atoms with E-state index in [2.05, 4.69) is 15.9 Å². The molecule has 3 aromatic carbocycles. The van der Waals surface area contributed by atoms with E-state index >= 15 is 0 Å². The van der Waals surface area contributed by atoms with E-state index in [1.807, 2.05) is 12.1 Å². The van der Waals surface area contributed by atoms with Crippen LogP contribution >= 0.6 is 15.9 Å². The highest BCUT2D eigenvalue weighted by molar-refractivity contribution is 9.10. The maximum atomic E-state index is 13.1. The number of carbonyl (C=O) groups is 2. The van der Waals surface area contributed by atoms with E-state index in [9.17, 15) is 9.59 Å². The van der Waals surface area contributed by atoms with Crippen LogP contribution in [0.2, 0.25) is 0 Å². The standard InChI is InChI=1S/C28H21BrO8/c1-14-7-18(35-28(31)24-12-16-11-17(29)5-6-19(16)36-24)13-20-25(14)26(30)21(37-20)8-15-9-22(32-2)27(34-4)23(10-15)33-3/h5-13H,1-4H3/b21-8-. The monoisotopic (exact) mass is 564 g/mol. The minimum absolute atomic E-state index is 0.0613. The number of aryl methyl sites for hydroxylation is 1. The molecule has 0 N–H and O–H groups in total. The number of ketones is 1. The lowest BCUT2D eigenvalue weighted by Crippen LogP contribution is -2.07. The molecule has 1 aliphatic heterocycles. The summed E-state index contributed by atoms with van der Waals surface area (Å²) < 4.78 is 34.0. The molecule has 0 bridgehead atoms. The Hall–Kier alpha value is -4.24. The average Bonchev–Trinajstić information content (AvgIpc) is 3.44. The fourth-order valence-electron chi connectivity index (χ4n) is 4.14. The normalized spacial score (nSPS) is 13.4. The lowest BCUT2D eigenvalue weighted by atomic mass is 10.0. The van der Waals surface area contributed by atoms with Gasteiger partial charge in [0.25, 0.3) is 0 Å². The van der Waals surface area contributed by atoms with E-state index in [0.717, 1.165) is 9.86 Å². The molecule has 4 aromatic rings. The van der Waals surface area contributed by atoms with E-state index in [4.69, 9.17) is 28.1 Å². The molecule has 0 radical (unpaired) electrons. The van der Waals surface area contributed by atoms with Gasteiger partial charge in [0, 0.05) is 15.9 Å². The Morgan fingerprint density at radius 2 is 1.68 bits per heavy atom. The summed E-state index contributed by atoms with van der Waals surface area (Å²) in [4.78, 5) is 25.9. The summed E-state index contributed by atoms with van der Waals surface area (Å²) in [5, 5.41) is 0.766. The molecule has 0 saturated heterocycles. The van der Waals surface area contributed by atoms with Gasteiger partial charge in [0.1, 0.15) is 17.1 Å². The predicted octanol–water partition coefficient (Wildman–Crippen LogP) is 6.36. The number of rotatable bonds is 6. The van der Waals surface area contributed by atoms with Gasteiger partial charge in [-0.25, -0.2) is 4.79 Å². The fraction of sp³-hybridized carbons (Fsp3) is 0.143. The molecule has 0 unspecified atom stereocenters. The van der Waals surface area contributed by atoms with Gasteiger partial charge in [-0.05, 0) is 66.6 Å². The third-order valence-corrected chi connectivity index (χ3v) is 6.31. The van der Waals surface area contributed by atoms with Crippen molar-refractivity contribution in [1.82, 2.24) is 0 Å². The van der Waals surface area contributed by atoms with Crippen LogP contribution in [0.3, 0.4) is 0 Å². The summed E-state index contributed by atoms with van der Waals surface area (Å²) in [6.45, 7) is 1.75. The van der Waals surface area contributed by atoms with Gasteiger partial charge < -0.3 is 28.1 Å². The van der Waals surface area contributed by atoms with Gasteiger partial charge in [0.15, 0.2) is 17.3 Å². The third-order valence-electron chi connectivity index (χ3n) is 5.82. The molecule has 2 heterocycles. The average molecular weight is 565 g/mol. The van der Waals surface area contributed by atoms with E-state index in [0.29, 0.717) is 45.3 Å². The SMILES string of the molecule is COc1cc(/C=C2\Oc3cc(OC(=O)c4cc5cc(Br)ccc5o4)cc(C)c3C2=O)cc(OC)c1OC. The van der Waals surface area contributed by atoms with E-state index in [1.165, 1.54) is 27.4 Å². The lowest BCUT2D eigenvalue weighted by molar-refractivity contribution is 0.0703. The number of benzene rings is 3. The number of hydrogen-bond acceptors (Lipinski definition) is 8. The Balaban J connectivity index is 1.42. The Morgan fingerprint density at radius 3 is 2.35 bits per heavy atom. The van der Waals surface area contributed by atoms with E-state index < -0.39 is 5.97 Å². The zero-order valence-corrected chi connectivity index (χ0v) is 21.9. The van der Waals surface area contributed by atoms with Gasteiger partial charge in [-0.2, -0.15) is 0 Å². The Kier molecular flexibility index (Phi) is 6.39. The largest absolute Gasteiger partial charge is 0.493 e. The fourth-order valence-corrected chi connectivity index (χ4v) is 4.52. The van der Waals surface area contributed by atoms with Crippen LogP contribution in [0.1, 0.15) is 32.0 Å². The molecule has 188 valence electrons. The van der Waals surface area contributed by atoms with Crippen molar-refractivity contribution < 1.29 is 37.7 Å². The predicted molar refractivity (Wildman–Crippen MR) is 139 cm³/mol. The molecule has 37 heavy (non-hydrogen) atoms. The van der Waals surface area contributed by atoms with Crippen LogP contribution < -0.4 is 23.7 Å². The number of fused-ring (bicyclic) bond motifs is 2. The highest BCUT2D eigenvalue weighted by Crippen LogP contribution is 2.41. The maximum Gasteiger partial charge on any atom is 0.379 e. The second-order valence-electron chi connectivity index (χ2n) is 8.19. The molecule has 5 rings (SSSR count). The zero-order valence-electron chi connectivity index (χ0n) is 20.3. The first-order chi connectivity index (χ1) is 17.8. The molecule has 0 atom stereocenters. The van der Waals surface area contributed by atoms with Crippen molar-refractivity contribution >= 4 is 44.7 Å². The second kappa shape index (κ2) is 9.67. The highest BCUT2D eigenvalue weighted by Gasteiger charge is 2.31. The first-order valence-corrected chi connectivity index (χ1v) is 11.9. The Morgan fingerprint density at radius 1 is 0.946 bits per heavy atom. The van der Waals surface area contributed by atoms with Crippen LogP contribution in [0.4, 0.5) is 0 Å². The minimum Gasteiger partial charge on any atom is -0.493 e. The molecular formula is C28H21BrO8. The van der Waals surface area contributed by atoms with Crippen LogP contribution in [0.25, 0.3) is 17.0 Å². The molecule has 0 saturated carbocycles. The maximum absolute atomic E-state index is 13.1. The van der Waals surface area contributed by atoms with Crippen LogP contribution in [0, 0.1) is 6.92 Å². The third kappa shape index (κ3) is 4.53. The second-order valence-corrected chi connectivity index (χ2v) is 9.11. The van der Waals surface area contributed by atoms with Crippen molar-refractivity contribution in [3.8, 4) is 28.7 Å². The summed E-state index contributed by atoms with van der Waals surface area (Å²) >= 11 is 3.40. The zero-order chi connectivity index (χ0) is 26.3.